The summed E-state index contributed by atoms with van der Waals surface area (Å²) in [6.07, 6.45) is 0. The van der Waals surface area contributed by atoms with Crippen LogP contribution in [-0.4, -0.2) is 9.13 Å². The molecule has 0 spiro atoms. The van der Waals surface area contributed by atoms with E-state index in [2.05, 4.69) is 0 Å². The lowest BCUT2D eigenvalue weighted by Gasteiger charge is -2.13. The minimum atomic E-state index is -0.472. The van der Waals surface area contributed by atoms with Gasteiger partial charge in [0.05, 0.1) is 23.1 Å². The van der Waals surface area contributed by atoms with Gasteiger partial charge in [0.1, 0.15) is 5.82 Å². The van der Waals surface area contributed by atoms with E-state index >= 15 is 0 Å². The van der Waals surface area contributed by atoms with Crippen molar-refractivity contribution in [3.05, 3.63) is 96.6 Å². The predicted octanol–water partition coefficient (Wildman–Crippen LogP) is 3.00. The van der Waals surface area contributed by atoms with Crippen molar-refractivity contribution in [1.29, 1.82) is 0 Å². The summed E-state index contributed by atoms with van der Waals surface area (Å²) in [5.74, 6) is 0.129. The van der Waals surface area contributed by atoms with Crippen molar-refractivity contribution < 1.29 is 0 Å². The van der Waals surface area contributed by atoms with Gasteiger partial charge in [-0.25, -0.2) is 4.79 Å². The Hall–Kier alpha value is -2.50. The summed E-state index contributed by atoms with van der Waals surface area (Å²) in [5, 5.41) is 0.781. The number of halogens is 2. The monoisotopic (exact) mass is 375 g/mol. The molecule has 1 heterocycles. The number of nitrogens with two attached hydrogens (primary N) is 1. The van der Waals surface area contributed by atoms with Gasteiger partial charge in [0, 0.05) is 6.07 Å². The number of anilines is 1. The molecule has 0 saturated heterocycles. The molecule has 0 bridgehead atoms. The van der Waals surface area contributed by atoms with E-state index in [1.165, 1.54) is 10.6 Å². The molecule has 7 heteroatoms. The summed E-state index contributed by atoms with van der Waals surface area (Å²) < 4.78 is 2.49. The number of rotatable bonds is 4. The Bertz CT molecular complexity index is 1030. The molecule has 3 aromatic rings. The molecule has 0 amide bonds. The Balaban J connectivity index is 2.02. The molecular weight excluding hydrogens is 361 g/mol. The molecule has 0 fully saturated rings. The lowest BCUT2D eigenvalue weighted by Crippen LogP contribution is -2.41. The van der Waals surface area contributed by atoms with Gasteiger partial charge in [-0.2, -0.15) is 0 Å². The van der Waals surface area contributed by atoms with Crippen LogP contribution in [-0.2, 0) is 13.1 Å². The van der Waals surface area contributed by atoms with Gasteiger partial charge in [0.2, 0.25) is 0 Å². The molecule has 1 aromatic heterocycles. The summed E-state index contributed by atoms with van der Waals surface area (Å²) >= 11 is 11.9. The van der Waals surface area contributed by atoms with Gasteiger partial charge >= 0.3 is 5.69 Å². The number of hydrogen-bond donors (Lipinski definition) is 1. The second kappa shape index (κ2) is 7.17. The van der Waals surface area contributed by atoms with Gasteiger partial charge in [-0.15, -0.1) is 0 Å². The molecule has 2 aromatic carbocycles. The van der Waals surface area contributed by atoms with Crippen LogP contribution >= 0.6 is 23.2 Å². The molecule has 25 heavy (non-hydrogen) atoms. The minimum absolute atomic E-state index is 0.0869. The van der Waals surface area contributed by atoms with Gasteiger partial charge in [-0.1, -0.05) is 59.6 Å². The van der Waals surface area contributed by atoms with Crippen molar-refractivity contribution in [3.63, 3.8) is 0 Å². The third-order valence-corrected chi connectivity index (χ3v) is 4.56. The molecule has 0 aliphatic heterocycles. The third kappa shape index (κ3) is 3.78. The average molecular weight is 376 g/mol. The smallest absolute Gasteiger partial charge is 0.333 e. The fourth-order valence-corrected chi connectivity index (χ4v) is 2.84. The highest BCUT2D eigenvalue weighted by Gasteiger charge is 2.11. The lowest BCUT2D eigenvalue weighted by atomic mass is 10.2. The van der Waals surface area contributed by atoms with E-state index in [-0.39, 0.29) is 18.9 Å². The van der Waals surface area contributed by atoms with E-state index in [4.69, 9.17) is 28.9 Å². The SMILES string of the molecule is Nc1cc(=O)n(Cc2ccc(Cl)c(Cl)c2)c(=O)n1Cc1ccccc1. The first-order valence-electron chi connectivity index (χ1n) is 7.53. The Morgan fingerprint density at radius 1 is 0.800 bits per heavy atom. The van der Waals surface area contributed by atoms with Gasteiger partial charge in [0.25, 0.3) is 5.56 Å². The highest BCUT2D eigenvalue weighted by molar-refractivity contribution is 6.42. The first kappa shape index (κ1) is 17.3. The third-order valence-electron chi connectivity index (χ3n) is 3.82. The minimum Gasteiger partial charge on any atom is -0.385 e. The molecule has 128 valence electrons. The molecule has 0 radical (unpaired) electrons. The number of aromatic nitrogens is 2. The molecule has 0 unspecified atom stereocenters. The molecule has 0 saturated carbocycles. The van der Waals surface area contributed by atoms with Crippen LogP contribution in [0.2, 0.25) is 10.0 Å². The van der Waals surface area contributed by atoms with E-state index in [0.717, 1.165) is 10.1 Å². The Morgan fingerprint density at radius 2 is 1.48 bits per heavy atom. The maximum absolute atomic E-state index is 12.8. The van der Waals surface area contributed by atoms with Gasteiger partial charge in [-0.05, 0) is 23.3 Å². The number of benzene rings is 2. The number of hydrogen-bond acceptors (Lipinski definition) is 3. The summed E-state index contributed by atoms with van der Waals surface area (Å²) in [6, 6.07) is 15.7. The van der Waals surface area contributed by atoms with Crippen molar-refractivity contribution >= 4 is 29.0 Å². The van der Waals surface area contributed by atoms with Crippen molar-refractivity contribution in [2.45, 2.75) is 13.1 Å². The molecular formula is C18H15Cl2N3O2. The highest BCUT2D eigenvalue weighted by Crippen LogP contribution is 2.22. The summed E-state index contributed by atoms with van der Waals surface area (Å²) in [5.41, 5.74) is 6.57. The molecule has 0 aliphatic rings. The largest absolute Gasteiger partial charge is 0.385 e. The van der Waals surface area contributed by atoms with Crippen LogP contribution < -0.4 is 17.0 Å². The first-order valence-corrected chi connectivity index (χ1v) is 8.29. The second-order valence-electron chi connectivity index (χ2n) is 5.60. The summed E-state index contributed by atoms with van der Waals surface area (Å²) in [7, 11) is 0. The van der Waals surface area contributed by atoms with E-state index in [9.17, 15) is 9.59 Å². The fourth-order valence-electron chi connectivity index (χ4n) is 2.52. The zero-order chi connectivity index (χ0) is 18.0. The average Bonchev–Trinajstić information content (AvgIpc) is 2.59. The van der Waals surface area contributed by atoms with Gasteiger partial charge < -0.3 is 5.73 Å². The normalized spacial score (nSPS) is 10.8. The number of nitrogens with zero attached hydrogens (tertiary/aromatic N) is 2. The first-order chi connectivity index (χ1) is 12.0. The maximum atomic E-state index is 12.8. The van der Waals surface area contributed by atoms with Crippen LogP contribution in [0.15, 0.2) is 64.2 Å². The molecule has 5 nitrogen and oxygen atoms in total. The lowest BCUT2D eigenvalue weighted by molar-refractivity contribution is 0.619. The van der Waals surface area contributed by atoms with E-state index < -0.39 is 11.2 Å². The van der Waals surface area contributed by atoms with Crippen LogP contribution in [0.3, 0.4) is 0 Å². The van der Waals surface area contributed by atoms with Crippen LogP contribution in [0.4, 0.5) is 5.82 Å². The summed E-state index contributed by atoms with van der Waals surface area (Å²) in [6.45, 7) is 0.372. The zero-order valence-electron chi connectivity index (χ0n) is 13.2. The Kier molecular flexibility index (Phi) is 4.97. The predicted molar refractivity (Wildman–Crippen MR) is 100 cm³/mol. The van der Waals surface area contributed by atoms with E-state index in [0.29, 0.717) is 15.6 Å². The van der Waals surface area contributed by atoms with Crippen LogP contribution in [0.5, 0.6) is 0 Å². The van der Waals surface area contributed by atoms with Crippen LogP contribution in [0.1, 0.15) is 11.1 Å². The molecule has 3 rings (SSSR count). The van der Waals surface area contributed by atoms with E-state index in [1.807, 2.05) is 30.3 Å². The van der Waals surface area contributed by atoms with Crippen LogP contribution in [0.25, 0.3) is 0 Å². The van der Waals surface area contributed by atoms with Crippen molar-refractivity contribution in [2.24, 2.45) is 0 Å². The van der Waals surface area contributed by atoms with E-state index in [1.54, 1.807) is 18.2 Å². The Morgan fingerprint density at radius 3 is 2.16 bits per heavy atom. The fraction of sp³-hybridized carbons (Fsp3) is 0.111. The quantitative estimate of drug-likeness (QED) is 0.761. The van der Waals surface area contributed by atoms with Crippen molar-refractivity contribution in [3.8, 4) is 0 Å². The van der Waals surface area contributed by atoms with Gasteiger partial charge in [0.15, 0.2) is 0 Å². The molecule has 0 atom stereocenters. The maximum Gasteiger partial charge on any atom is 0.333 e. The second-order valence-corrected chi connectivity index (χ2v) is 6.41. The van der Waals surface area contributed by atoms with Gasteiger partial charge in [-0.3, -0.25) is 13.9 Å². The van der Waals surface area contributed by atoms with Crippen molar-refractivity contribution in [2.75, 3.05) is 5.73 Å². The summed E-state index contributed by atoms with van der Waals surface area (Å²) in [4.78, 5) is 25.0. The Labute approximate surface area is 153 Å². The number of nitrogen functional groups attached to an aromatic ring is 1. The standard InChI is InChI=1S/C18H15Cl2N3O2/c19-14-7-6-13(8-15(14)20)11-23-17(24)9-16(21)22(18(23)25)10-12-4-2-1-3-5-12/h1-9H,10-11,21H2. The van der Waals surface area contributed by atoms with Crippen LogP contribution in [0, 0.1) is 0 Å². The topological polar surface area (TPSA) is 70.0 Å². The highest BCUT2D eigenvalue weighted by atomic mass is 35.5. The molecule has 0 aliphatic carbocycles. The van der Waals surface area contributed by atoms with Crippen molar-refractivity contribution in [1.82, 2.24) is 9.13 Å². The zero-order valence-corrected chi connectivity index (χ0v) is 14.7. The molecule has 2 N–H and O–H groups in total.